The molecule has 1 aromatic rings. The molecule has 4 nitrogen and oxygen atoms in total. The fourth-order valence-corrected chi connectivity index (χ4v) is 2.80. The molecule has 2 rings (SSSR count). The largest absolute Gasteiger partial charge is 0.462 e. The molecule has 1 unspecified atom stereocenters. The van der Waals surface area contributed by atoms with E-state index in [1.54, 1.807) is 23.3 Å². The summed E-state index contributed by atoms with van der Waals surface area (Å²) in [6, 6.07) is 1.68. The van der Waals surface area contributed by atoms with E-state index in [9.17, 15) is 9.59 Å². The summed E-state index contributed by atoms with van der Waals surface area (Å²) in [7, 11) is 0. The van der Waals surface area contributed by atoms with Crippen molar-refractivity contribution in [2.75, 3.05) is 18.1 Å². The van der Waals surface area contributed by atoms with Gasteiger partial charge in [-0.05, 0) is 18.4 Å². The minimum absolute atomic E-state index is 0.0362. The summed E-state index contributed by atoms with van der Waals surface area (Å²) in [6.07, 6.45) is 5.68. The number of anilines is 1. The first-order valence-corrected chi connectivity index (χ1v) is 6.56. The van der Waals surface area contributed by atoms with Crippen LogP contribution in [0.15, 0.2) is 11.4 Å². The second kappa shape index (κ2) is 5.23. The molecular formula is C13H13NO3S. The van der Waals surface area contributed by atoms with Gasteiger partial charge in [-0.3, -0.25) is 4.79 Å². The van der Waals surface area contributed by atoms with Crippen LogP contribution >= 0.6 is 11.3 Å². The van der Waals surface area contributed by atoms with E-state index < -0.39 is 5.97 Å². The molecule has 1 fully saturated rings. The Kier molecular flexibility index (Phi) is 3.68. The van der Waals surface area contributed by atoms with E-state index in [1.807, 2.05) is 0 Å². The molecule has 0 saturated carbocycles. The van der Waals surface area contributed by atoms with E-state index >= 15 is 0 Å². The van der Waals surface area contributed by atoms with Gasteiger partial charge >= 0.3 is 5.97 Å². The van der Waals surface area contributed by atoms with Gasteiger partial charge in [0.25, 0.3) is 0 Å². The molecule has 0 spiro atoms. The van der Waals surface area contributed by atoms with Gasteiger partial charge in [0.2, 0.25) is 5.91 Å². The molecule has 0 radical (unpaired) electrons. The van der Waals surface area contributed by atoms with Crippen molar-refractivity contribution >= 4 is 28.2 Å². The second-order valence-electron chi connectivity index (χ2n) is 3.93. The van der Waals surface area contributed by atoms with Crippen LogP contribution in [0.25, 0.3) is 0 Å². The molecule has 1 aliphatic heterocycles. The Bertz CT molecular complexity index is 515. The number of esters is 1. The van der Waals surface area contributed by atoms with E-state index in [-0.39, 0.29) is 11.8 Å². The first-order chi connectivity index (χ1) is 8.67. The maximum atomic E-state index is 11.9. The molecule has 0 aromatic carbocycles. The van der Waals surface area contributed by atoms with Crippen molar-refractivity contribution in [3.05, 3.63) is 17.0 Å². The van der Waals surface area contributed by atoms with Crippen LogP contribution in [0, 0.1) is 18.3 Å². The van der Waals surface area contributed by atoms with Crippen LogP contribution in [0.5, 0.6) is 0 Å². The van der Waals surface area contributed by atoms with Crippen LogP contribution < -0.4 is 4.90 Å². The summed E-state index contributed by atoms with van der Waals surface area (Å²) in [6.45, 7) is 2.54. The van der Waals surface area contributed by atoms with Gasteiger partial charge < -0.3 is 9.64 Å². The topological polar surface area (TPSA) is 46.6 Å². The molecule has 0 N–H and O–H groups in total. The molecule has 18 heavy (non-hydrogen) atoms. The van der Waals surface area contributed by atoms with Crippen molar-refractivity contribution in [2.45, 2.75) is 13.3 Å². The number of hydrogen-bond acceptors (Lipinski definition) is 4. The molecule has 94 valence electrons. The zero-order valence-corrected chi connectivity index (χ0v) is 10.8. The second-order valence-corrected chi connectivity index (χ2v) is 4.83. The minimum Gasteiger partial charge on any atom is -0.462 e. The predicted molar refractivity (Wildman–Crippen MR) is 69.6 cm³/mol. The van der Waals surface area contributed by atoms with Crippen molar-refractivity contribution in [3.63, 3.8) is 0 Å². The number of hydrogen-bond donors (Lipinski definition) is 0. The summed E-state index contributed by atoms with van der Waals surface area (Å²) < 4.78 is 4.96. The zero-order valence-electron chi connectivity index (χ0n) is 10.0. The lowest BCUT2D eigenvalue weighted by molar-refractivity contribution is -0.117. The Labute approximate surface area is 110 Å². The molecular weight excluding hydrogens is 250 g/mol. The molecule has 1 amide bonds. The first-order valence-electron chi connectivity index (χ1n) is 5.68. The summed E-state index contributed by atoms with van der Waals surface area (Å²) in [4.78, 5) is 25.2. The number of nitrogens with zero attached hydrogens (tertiary/aromatic N) is 1. The molecule has 1 saturated heterocycles. The van der Waals surface area contributed by atoms with Gasteiger partial charge in [0.05, 0.1) is 12.2 Å². The number of rotatable bonds is 3. The van der Waals surface area contributed by atoms with E-state index in [0.29, 0.717) is 30.1 Å². The van der Waals surface area contributed by atoms with E-state index in [4.69, 9.17) is 11.2 Å². The number of carbonyl (C=O) groups excluding carboxylic acids is 2. The normalized spacial score (nSPS) is 18.8. The van der Waals surface area contributed by atoms with Crippen LogP contribution in [0.4, 0.5) is 5.00 Å². The zero-order chi connectivity index (χ0) is 13.1. The number of thiophene rings is 1. The Morgan fingerprint density at radius 1 is 1.72 bits per heavy atom. The smallest absolute Gasteiger partial charge is 0.341 e. The Morgan fingerprint density at radius 3 is 3.11 bits per heavy atom. The highest BCUT2D eigenvalue weighted by Crippen LogP contribution is 2.33. The van der Waals surface area contributed by atoms with E-state index in [2.05, 4.69) is 5.92 Å². The number of carbonyl (C=O) groups is 2. The van der Waals surface area contributed by atoms with E-state index in [1.165, 1.54) is 11.3 Å². The average molecular weight is 263 g/mol. The fourth-order valence-electron chi connectivity index (χ4n) is 1.89. The van der Waals surface area contributed by atoms with Gasteiger partial charge in [-0.2, -0.15) is 0 Å². The lowest BCUT2D eigenvalue weighted by atomic mass is 10.1. The third kappa shape index (κ3) is 2.24. The van der Waals surface area contributed by atoms with E-state index in [0.717, 1.165) is 0 Å². The van der Waals surface area contributed by atoms with Crippen LogP contribution in [0.2, 0.25) is 0 Å². The Hall–Kier alpha value is -1.80. The monoisotopic (exact) mass is 263 g/mol. The van der Waals surface area contributed by atoms with Crippen LogP contribution in [0.3, 0.4) is 0 Å². The first kappa shape index (κ1) is 12.7. The SMILES string of the molecule is C#CC1CC(=O)N(c2sccc2C(=O)OCC)C1. The average Bonchev–Trinajstić information content (AvgIpc) is 2.94. The Morgan fingerprint density at radius 2 is 2.50 bits per heavy atom. The third-order valence-electron chi connectivity index (χ3n) is 2.75. The van der Waals surface area contributed by atoms with Gasteiger partial charge in [-0.1, -0.05) is 0 Å². The maximum Gasteiger partial charge on any atom is 0.341 e. The molecule has 1 atom stereocenters. The number of ether oxygens (including phenoxy) is 1. The highest BCUT2D eigenvalue weighted by Gasteiger charge is 2.32. The van der Waals surface area contributed by atoms with Gasteiger partial charge in [0, 0.05) is 18.9 Å². The summed E-state index contributed by atoms with van der Waals surface area (Å²) in [5, 5.41) is 2.41. The van der Waals surface area contributed by atoms with Crippen molar-refractivity contribution in [2.24, 2.45) is 5.92 Å². The standard InChI is InChI=1S/C13H13NO3S/c1-3-9-7-11(15)14(8-9)12-10(5-6-18-12)13(16)17-4-2/h1,5-6,9H,4,7-8H2,2H3. The fraction of sp³-hybridized carbons (Fsp3) is 0.385. The van der Waals surface area contributed by atoms with Crippen molar-refractivity contribution < 1.29 is 14.3 Å². The van der Waals surface area contributed by atoms with Gasteiger partial charge in [-0.25, -0.2) is 4.79 Å². The predicted octanol–water partition coefficient (Wildman–Crippen LogP) is 1.91. The molecule has 2 heterocycles. The lowest BCUT2D eigenvalue weighted by Crippen LogP contribution is -2.25. The van der Waals surface area contributed by atoms with Crippen molar-refractivity contribution in [1.29, 1.82) is 0 Å². The summed E-state index contributed by atoms with van der Waals surface area (Å²) in [5.41, 5.74) is 0.438. The quantitative estimate of drug-likeness (QED) is 0.618. The summed E-state index contributed by atoms with van der Waals surface area (Å²) >= 11 is 1.35. The molecule has 0 aliphatic carbocycles. The summed E-state index contributed by atoms with van der Waals surface area (Å²) in [5.74, 6) is 2.08. The third-order valence-corrected chi connectivity index (χ3v) is 3.68. The molecule has 1 aromatic heterocycles. The van der Waals surface area contributed by atoms with Gasteiger partial charge in [0.15, 0.2) is 0 Å². The maximum absolute atomic E-state index is 11.9. The van der Waals surface area contributed by atoms with Crippen LogP contribution in [0.1, 0.15) is 23.7 Å². The molecule has 5 heteroatoms. The van der Waals surface area contributed by atoms with Crippen molar-refractivity contribution in [3.8, 4) is 12.3 Å². The molecule has 1 aliphatic rings. The van der Waals surface area contributed by atoms with Gasteiger partial charge in [0.1, 0.15) is 5.00 Å². The number of amides is 1. The minimum atomic E-state index is -0.397. The lowest BCUT2D eigenvalue weighted by Gasteiger charge is -2.15. The number of terminal acetylenes is 1. The molecule has 0 bridgehead atoms. The Balaban J connectivity index is 2.25. The van der Waals surface area contributed by atoms with Crippen LogP contribution in [-0.4, -0.2) is 25.0 Å². The highest BCUT2D eigenvalue weighted by molar-refractivity contribution is 7.14. The van der Waals surface area contributed by atoms with Crippen LogP contribution in [-0.2, 0) is 9.53 Å². The van der Waals surface area contributed by atoms with Crippen molar-refractivity contribution in [1.82, 2.24) is 0 Å². The van der Waals surface area contributed by atoms with Gasteiger partial charge in [-0.15, -0.1) is 23.7 Å². The highest BCUT2D eigenvalue weighted by atomic mass is 32.1.